The summed E-state index contributed by atoms with van der Waals surface area (Å²) in [7, 11) is -8.83. The van der Waals surface area contributed by atoms with Crippen LogP contribution in [-0.2, 0) is 82.5 Å². The molecule has 8 aliphatic heterocycles. The monoisotopic (exact) mass is 2010 g/mol. The number of benzene rings is 8. The predicted octanol–water partition coefficient (Wildman–Crippen LogP) is 25.1. The number of rotatable bonds is 12. The van der Waals surface area contributed by atoms with Gasteiger partial charge in [-0.25, -0.2) is 9.97 Å². The Morgan fingerprint density at radius 1 is 0.343 bits per heavy atom. The Morgan fingerprint density at radius 2 is 0.679 bits per heavy atom. The maximum atomic E-state index is 14.9. The van der Waals surface area contributed by atoms with E-state index in [2.05, 4.69) is 325 Å². The number of aromatic nitrogens is 6. The van der Waals surface area contributed by atoms with Gasteiger partial charge in [-0.15, -0.1) is 22.1 Å². The largest absolute Gasteiger partial charge is 2.00 e. The molecule has 0 fully saturated rings. The van der Waals surface area contributed by atoms with Crippen molar-refractivity contribution in [1.29, 1.82) is 0 Å². The van der Waals surface area contributed by atoms with E-state index in [-0.39, 0.29) is 63.7 Å². The van der Waals surface area contributed by atoms with Crippen LogP contribution in [-0.4, -0.2) is 68.7 Å². The maximum absolute atomic E-state index is 14.9. The fourth-order valence-electron chi connectivity index (χ4n) is 21.9. The molecule has 14 nitrogen and oxygen atoms in total. The van der Waals surface area contributed by atoms with E-state index < -0.39 is 40.4 Å². The second-order valence-corrected chi connectivity index (χ2v) is 51.0. The van der Waals surface area contributed by atoms with Gasteiger partial charge >= 0.3 is 40.6 Å². The van der Waals surface area contributed by atoms with E-state index in [1.54, 1.807) is 12.1 Å². The molecule has 0 unspecified atom stereocenters. The molecule has 13 heterocycles. The van der Waals surface area contributed by atoms with E-state index in [1.165, 1.54) is 124 Å². The second kappa shape index (κ2) is 36.2. The first kappa shape index (κ1) is 99.4. The standard InChI is InChI=1S/C61H61N4O3P.C52H45N4O3P.C4H12Si.3Zn/c1-34-15-20-44(37(4)29-34)56-47-23-21-45-55(42-16-18-43(19-17-42)69(66,67-59(9,10)11)68-60(12,13)14)46-22-25-49-57(53-38(5)30-35(2)31-39(53)6)51-27-28-52-58(54-40(7)32-36(3)33-41(54)8)50-26-24-48(56)64(50)61(62(45)47,63(46)49)65(51)52;1-28-9-14-38(31(4)23-28)50-41-17-15-39(53-41)49(36-10-12-37(13-11-36)60(57,58)59)40-16-19-43(54-40)51(47-32(5)24-29(2)25-33(47)6)45-21-22-46(56-45)52(44-20-18-42(50)55-44)48-34(7)26-30(3)27-35(48)8;1-5(2,3)4;;;/h15-33H,1-14H3;9-27H,1-8H3,(H2,57,58,59);1-4H3;;;/q+2;-2;;;;+2/t61-;;;;;/m0...../s1. The summed E-state index contributed by atoms with van der Waals surface area (Å²) in [6.07, 6.45) is 17.7. The van der Waals surface area contributed by atoms with Gasteiger partial charge in [0, 0.05) is 71.3 Å². The SMILES string of the molecule is C[Si](C)(C)C.Cc1ccc(-c2c3nc(c(-c4ccc(P(=O)(O)O)cc4)c4ccc([n-]4)c(-c4c(C)cc(C)cc4C)c4nc(c(-c5c(C)cc(C)cc5C)c5ccc2[n-]5)C=C4)C=C3)c(C)c1.Cc1ccc(C2=C3C=CC4=[N+]3[C@]35n6c2ccc6C(c2c(C)cc(C)cc2C)=C2C=CC(=[N+]23)C(c2c(C)cc(C)cc2C)=c2ccc(n25)=C4c2ccc(P(=O)(OC(C)(C)C)OC(C)(C)C)cc2)c(C)c1.[Zn+2].[Zn].[Zn]. The quantitative estimate of drug-likeness (QED) is 0.0684. The molecule has 1 atom stereocenters. The van der Waals surface area contributed by atoms with Gasteiger partial charge in [0.2, 0.25) is 22.8 Å². The molecule has 8 bridgehead atoms. The van der Waals surface area contributed by atoms with Crippen molar-refractivity contribution in [2.75, 3.05) is 0 Å². The van der Waals surface area contributed by atoms with Crippen molar-refractivity contribution in [2.45, 2.75) is 196 Å². The van der Waals surface area contributed by atoms with Gasteiger partial charge in [-0.05, 0) is 348 Å². The molecule has 0 radical (unpaired) electrons. The summed E-state index contributed by atoms with van der Waals surface area (Å²) in [6.45, 7) is 55.8. The van der Waals surface area contributed by atoms with Gasteiger partial charge in [0.1, 0.15) is 0 Å². The fraction of sp³-hybridized carbons (Fsp3) is 0.248. The number of aryl methyl sites for hydroxylation is 16. The van der Waals surface area contributed by atoms with Crippen molar-refractivity contribution in [3.8, 4) is 44.5 Å². The summed E-state index contributed by atoms with van der Waals surface area (Å²) in [5.41, 5.74) is 47.9. The molecule has 8 aromatic carbocycles. The van der Waals surface area contributed by atoms with Crippen LogP contribution in [0.5, 0.6) is 0 Å². The third kappa shape index (κ3) is 17.4. The first-order chi connectivity index (χ1) is 63.2. The second-order valence-electron chi connectivity index (χ2n) is 41.5. The molecule has 1 spiro atoms. The molecule has 20 heteroatoms. The van der Waals surface area contributed by atoms with Gasteiger partial charge < -0.3 is 19.8 Å². The summed E-state index contributed by atoms with van der Waals surface area (Å²) in [5.74, 6) is -0.918. The van der Waals surface area contributed by atoms with E-state index in [1.807, 2.05) is 78.0 Å². The summed E-state index contributed by atoms with van der Waals surface area (Å²) in [6, 6.07) is 63.8. The van der Waals surface area contributed by atoms with Crippen LogP contribution in [0.3, 0.4) is 0 Å². The van der Waals surface area contributed by atoms with E-state index in [4.69, 9.17) is 29.0 Å². The molecule has 5 aromatic heterocycles. The zero-order valence-electron chi connectivity index (χ0n) is 84.1. The van der Waals surface area contributed by atoms with E-state index in [0.29, 0.717) is 16.5 Å². The van der Waals surface area contributed by atoms with E-state index in [0.717, 1.165) is 145 Å². The molecular formula is C117H118N8O6P2SiZn3+2. The Kier molecular flexibility index (Phi) is 26.3. The zero-order chi connectivity index (χ0) is 95.3. The number of allylic oxidation sites excluding steroid dienone is 4. The number of nitrogens with zero attached hydrogens (tertiary/aromatic N) is 8. The van der Waals surface area contributed by atoms with Crippen LogP contribution in [0.2, 0.25) is 26.2 Å². The Morgan fingerprint density at radius 3 is 1.09 bits per heavy atom. The number of hydrogen-bond acceptors (Lipinski definition) is 6. The molecule has 0 amide bonds. The van der Waals surface area contributed by atoms with Crippen molar-refractivity contribution in [3.05, 3.63) is 374 Å². The normalized spacial score (nSPS) is 15.3. The zero-order valence-corrected chi connectivity index (χ0v) is 95.8. The maximum Gasteiger partial charge on any atom is 2.00 e. The van der Waals surface area contributed by atoms with E-state index >= 15 is 0 Å². The van der Waals surface area contributed by atoms with Crippen molar-refractivity contribution in [3.63, 3.8) is 0 Å². The first-order valence-electron chi connectivity index (χ1n) is 46.5. The Bertz CT molecular complexity index is 7970. The minimum atomic E-state index is -4.47. The van der Waals surface area contributed by atoms with Gasteiger partial charge in [0.25, 0.3) is 0 Å². The third-order valence-corrected chi connectivity index (χ3v) is 29.6. The molecular weight excluding hydrogens is 1900 g/mol. The van der Waals surface area contributed by atoms with Gasteiger partial charge in [-0.1, -0.05) is 202 Å². The minimum absolute atomic E-state index is 0. The Hall–Kier alpha value is -10.7. The summed E-state index contributed by atoms with van der Waals surface area (Å²) in [4.78, 5) is 41.7. The number of fused-ring (bicyclic) bond motifs is 8. The predicted molar refractivity (Wildman–Crippen MR) is 557 cm³/mol. The van der Waals surface area contributed by atoms with Gasteiger partial charge in [0.05, 0.1) is 89.0 Å². The van der Waals surface area contributed by atoms with Crippen LogP contribution in [0.15, 0.2) is 218 Å². The van der Waals surface area contributed by atoms with Crippen molar-refractivity contribution >= 4 is 114 Å². The molecule has 8 aliphatic rings. The first-order valence-corrected chi connectivity index (χ1v) is 53.6. The summed E-state index contributed by atoms with van der Waals surface area (Å²) >= 11 is 0. The number of hydrogen-bond donors (Lipinski definition) is 2. The third-order valence-electron chi connectivity index (χ3n) is 26.1. The molecule has 13 aromatic rings. The average Bonchev–Trinajstić information content (AvgIpc) is 1.48. The summed E-state index contributed by atoms with van der Waals surface area (Å²) < 4.78 is 50.5. The van der Waals surface area contributed by atoms with Crippen LogP contribution in [0.4, 0.5) is 0 Å². The molecule has 21 rings (SSSR count). The molecule has 0 saturated carbocycles. The molecule has 0 aliphatic carbocycles. The van der Waals surface area contributed by atoms with Crippen molar-refractivity contribution in [2.24, 2.45) is 0 Å². The van der Waals surface area contributed by atoms with Crippen LogP contribution in [0.1, 0.15) is 187 Å². The van der Waals surface area contributed by atoms with Crippen LogP contribution < -0.4 is 31.3 Å². The van der Waals surface area contributed by atoms with Gasteiger partial charge in [-0.2, -0.15) is 9.13 Å². The van der Waals surface area contributed by atoms with Gasteiger partial charge in [-0.3, -0.25) is 18.2 Å². The smallest absolute Gasteiger partial charge is 0.657 e. The Balaban J connectivity index is 0.000000187. The van der Waals surface area contributed by atoms with Crippen LogP contribution in [0, 0.1) is 111 Å². The van der Waals surface area contributed by atoms with Crippen molar-refractivity contribution < 1.29 is 95.5 Å². The average molecular weight is 2020 g/mol. The molecule has 680 valence electrons. The fourth-order valence-corrected chi connectivity index (χ4v) is 24.7. The van der Waals surface area contributed by atoms with Crippen LogP contribution in [0.25, 0.3) is 113 Å². The molecule has 137 heavy (non-hydrogen) atoms. The van der Waals surface area contributed by atoms with Crippen molar-refractivity contribution in [1.82, 2.24) is 29.1 Å². The summed E-state index contributed by atoms with van der Waals surface area (Å²) in [5, 5.41) is 2.74. The molecule has 2 N–H and O–H groups in total. The minimum Gasteiger partial charge on any atom is -0.657 e. The van der Waals surface area contributed by atoms with E-state index in [9.17, 15) is 18.9 Å². The topological polar surface area (TPSA) is 163 Å². The van der Waals surface area contributed by atoms with Gasteiger partial charge in [0.15, 0.2) is 0 Å². The van der Waals surface area contributed by atoms with Crippen LogP contribution >= 0.6 is 15.2 Å². The Labute approximate surface area is 845 Å². The molecule has 0 saturated heterocycles.